The third kappa shape index (κ3) is 5.73. The van der Waals surface area contributed by atoms with Gasteiger partial charge in [0.25, 0.3) is 5.89 Å². The molecule has 9 nitrogen and oxygen atoms in total. The van der Waals surface area contributed by atoms with Crippen molar-refractivity contribution in [3.05, 3.63) is 40.1 Å². The van der Waals surface area contributed by atoms with Crippen molar-refractivity contribution in [1.29, 1.82) is 0 Å². The van der Waals surface area contributed by atoms with E-state index in [2.05, 4.69) is 65.2 Å². The van der Waals surface area contributed by atoms with Crippen molar-refractivity contribution in [2.45, 2.75) is 53.4 Å². The molecular weight excluding hydrogens is 454 g/mol. The van der Waals surface area contributed by atoms with Crippen molar-refractivity contribution in [2.24, 2.45) is 5.41 Å². The summed E-state index contributed by atoms with van der Waals surface area (Å²) < 4.78 is 35.9. The molecule has 0 spiro atoms. The van der Waals surface area contributed by atoms with Gasteiger partial charge < -0.3 is 14.4 Å². The highest BCUT2D eigenvalue weighted by molar-refractivity contribution is 7.88. The monoisotopic (exact) mass is 487 g/mol. The van der Waals surface area contributed by atoms with Crippen molar-refractivity contribution in [1.82, 2.24) is 25.3 Å². The maximum absolute atomic E-state index is 11.1. The first kappa shape index (κ1) is 24.6. The number of rotatable bonds is 9. The summed E-state index contributed by atoms with van der Waals surface area (Å²) in [6.07, 6.45) is 4.82. The molecule has 1 aliphatic rings. The summed E-state index contributed by atoms with van der Waals surface area (Å²) in [5.74, 6) is 1.85. The Bertz CT molecular complexity index is 1250. The molecule has 0 bridgehead atoms. The summed E-state index contributed by atoms with van der Waals surface area (Å²) >= 11 is 0. The zero-order chi connectivity index (χ0) is 24.5. The molecule has 0 fully saturated rings. The molecular formula is C24H33N5O4S. The molecule has 0 saturated carbocycles. The molecule has 4 rings (SSSR count). The molecule has 3 aromatic rings. The van der Waals surface area contributed by atoms with Gasteiger partial charge >= 0.3 is 0 Å². The molecule has 184 valence electrons. The van der Waals surface area contributed by atoms with Crippen molar-refractivity contribution in [3.63, 3.8) is 0 Å². The summed E-state index contributed by atoms with van der Waals surface area (Å²) in [4.78, 5) is 4.63. The Morgan fingerprint density at radius 2 is 1.79 bits per heavy atom. The second-order valence-electron chi connectivity index (χ2n) is 9.95. The second kappa shape index (κ2) is 9.59. The standard InChI is InChI=1S/C24H33N5O4S/c1-15-12-17(13-16(2)18(15)7-9-25-10-11-26-34(5,30)31)22-27-23(33-29-22)21-19-6-8-24(3,4)14-20(19)32-28-21/h12-13,25-26H,6-11,14H2,1-5H3. The van der Waals surface area contributed by atoms with Gasteiger partial charge in [-0.25, -0.2) is 13.1 Å². The Labute approximate surface area is 200 Å². The van der Waals surface area contributed by atoms with Gasteiger partial charge in [0.05, 0.1) is 6.26 Å². The van der Waals surface area contributed by atoms with Crippen LogP contribution in [0, 0.1) is 19.3 Å². The molecule has 2 aromatic heterocycles. The second-order valence-corrected chi connectivity index (χ2v) is 11.8. The van der Waals surface area contributed by atoms with Crippen molar-refractivity contribution < 1.29 is 17.5 Å². The van der Waals surface area contributed by atoms with Crippen LogP contribution in [0.5, 0.6) is 0 Å². The molecule has 0 amide bonds. The average Bonchev–Trinajstić information content (AvgIpc) is 3.37. The highest BCUT2D eigenvalue weighted by Crippen LogP contribution is 2.39. The van der Waals surface area contributed by atoms with Crippen LogP contribution in [0.4, 0.5) is 0 Å². The van der Waals surface area contributed by atoms with Gasteiger partial charge in [-0.1, -0.05) is 24.2 Å². The van der Waals surface area contributed by atoms with Crippen LogP contribution in [0.25, 0.3) is 23.0 Å². The maximum atomic E-state index is 11.1. The van der Waals surface area contributed by atoms with Crippen LogP contribution >= 0.6 is 0 Å². The largest absolute Gasteiger partial charge is 0.360 e. The molecule has 2 N–H and O–H groups in total. The zero-order valence-corrected chi connectivity index (χ0v) is 21.3. The third-order valence-electron chi connectivity index (χ3n) is 6.36. The Hall–Kier alpha value is -2.56. The number of nitrogens with one attached hydrogen (secondary N) is 2. The van der Waals surface area contributed by atoms with Gasteiger partial charge in [-0.05, 0) is 73.9 Å². The minimum atomic E-state index is -3.15. The predicted molar refractivity (Wildman–Crippen MR) is 130 cm³/mol. The maximum Gasteiger partial charge on any atom is 0.280 e. The molecule has 1 aliphatic carbocycles. The van der Waals surface area contributed by atoms with E-state index >= 15 is 0 Å². The molecule has 0 unspecified atom stereocenters. The Morgan fingerprint density at radius 3 is 2.50 bits per heavy atom. The van der Waals surface area contributed by atoms with Crippen LogP contribution in [0.3, 0.4) is 0 Å². The SMILES string of the molecule is Cc1cc(-c2noc(-c3noc4c3CCC(C)(C)C4)n2)cc(C)c1CCNCCNS(C)(=O)=O. The predicted octanol–water partition coefficient (Wildman–Crippen LogP) is 3.20. The molecule has 1 aromatic carbocycles. The fraction of sp³-hybridized carbons (Fsp3) is 0.542. The Balaban J connectivity index is 1.43. The van der Waals surface area contributed by atoms with E-state index in [1.807, 2.05) is 0 Å². The third-order valence-corrected chi connectivity index (χ3v) is 7.09. The number of hydrogen-bond acceptors (Lipinski definition) is 8. The van der Waals surface area contributed by atoms with Gasteiger partial charge in [0.15, 0.2) is 5.69 Å². The van der Waals surface area contributed by atoms with Gasteiger partial charge in [-0.15, -0.1) is 0 Å². The van der Waals surface area contributed by atoms with Gasteiger partial charge in [-0.2, -0.15) is 4.98 Å². The molecule has 0 saturated heterocycles. The van der Waals surface area contributed by atoms with E-state index in [1.54, 1.807) is 0 Å². The van der Waals surface area contributed by atoms with Crippen LogP contribution in [-0.4, -0.2) is 49.6 Å². The highest BCUT2D eigenvalue weighted by Gasteiger charge is 2.32. The normalized spacial score (nSPS) is 15.4. The molecule has 0 aliphatic heterocycles. The smallest absolute Gasteiger partial charge is 0.280 e. The molecule has 0 atom stereocenters. The summed E-state index contributed by atoms with van der Waals surface area (Å²) in [7, 11) is -3.15. The zero-order valence-electron chi connectivity index (χ0n) is 20.5. The number of sulfonamides is 1. The van der Waals surface area contributed by atoms with Crippen molar-refractivity contribution in [2.75, 3.05) is 25.9 Å². The number of aromatic nitrogens is 3. The number of hydrogen-bond donors (Lipinski definition) is 2. The van der Waals surface area contributed by atoms with Gasteiger partial charge in [-0.3, -0.25) is 0 Å². The van der Waals surface area contributed by atoms with Crippen molar-refractivity contribution >= 4 is 10.0 Å². The van der Waals surface area contributed by atoms with E-state index in [4.69, 9.17) is 9.05 Å². The molecule has 2 heterocycles. The number of aryl methyl sites for hydroxylation is 2. The topological polar surface area (TPSA) is 123 Å². The minimum Gasteiger partial charge on any atom is -0.360 e. The summed E-state index contributed by atoms with van der Waals surface area (Å²) in [6, 6.07) is 4.14. The number of benzene rings is 1. The average molecular weight is 488 g/mol. The summed E-state index contributed by atoms with van der Waals surface area (Å²) in [6.45, 7) is 10.3. The van der Waals surface area contributed by atoms with Gasteiger partial charge in [0, 0.05) is 30.6 Å². The molecule has 10 heteroatoms. The van der Waals surface area contributed by atoms with E-state index in [-0.39, 0.29) is 5.41 Å². The minimum absolute atomic E-state index is 0.211. The number of nitrogens with zero attached hydrogens (tertiary/aromatic N) is 3. The fourth-order valence-corrected chi connectivity index (χ4v) is 4.98. The summed E-state index contributed by atoms with van der Waals surface area (Å²) in [5, 5.41) is 11.7. The first-order chi connectivity index (χ1) is 16.0. The van der Waals surface area contributed by atoms with E-state index < -0.39 is 10.0 Å². The lowest BCUT2D eigenvalue weighted by molar-refractivity contribution is 0.264. The van der Waals surface area contributed by atoms with Crippen molar-refractivity contribution in [3.8, 4) is 23.0 Å². The van der Waals surface area contributed by atoms with Crippen LogP contribution < -0.4 is 10.0 Å². The van der Waals surface area contributed by atoms with E-state index in [1.165, 1.54) is 5.56 Å². The van der Waals surface area contributed by atoms with E-state index in [0.717, 1.165) is 66.5 Å². The van der Waals surface area contributed by atoms with Crippen LogP contribution in [-0.2, 0) is 29.3 Å². The first-order valence-corrected chi connectivity index (χ1v) is 13.5. The summed E-state index contributed by atoms with van der Waals surface area (Å²) in [5.41, 5.74) is 6.41. The lowest BCUT2D eigenvalue weighted by Crippen LogP contribution is -2.32. The Morgan fingerprint density at radius 1 is 1.06 bits per heavy atom. The Kier molecular flexibility index (Phi) is 6.93. The van der Waals surface area contributed by atoms with E-state index in [0.29, 0.717) is 30.5 Å². The lowest BCUT2D eigenvalue weighted by Gasteiger charge is -2.27. The number of fused-ring (bicyclic) bond motifs is 1. The van der Waals surface area contributed by atoms with Gasteiger partial charge in [0.2, 0.25) is 15.8 Å². The van der Waals surface area contributed by atoms with E-state index in [9.17, 15) is 8.42 Å². The fourth-order valence-electron chi connectivity index (χ4n) is 4.51. The lowest BCUT2D eigenvalue weighted by atomic mass is 9.77. The molecule has 34 heavy (non-hydrogen) atoms. The van der Waals surface area contributed by atoms with Crippen LogP contribution in [0.15, 0.2) is 21.2 Å². The van der Waals surface area contributed by atoms with Crippen LogP contribution in [0.2, 0.25) is 0 Å². The van der Waals surface area contributed by atoms with Crippen LogP contribution in [0.1, 0.15) is 48.3 Å². The first-order valence-electron chi connectivity index (χ1n) is 11.6. The molecule has 0 radical (unpaired) electrons. The quantitative estimate of drug-likeness (QED) is 0.441. The van der Waals surface area contributed by atoms with Gasteiger partial charge in [0.1, 0.15) is 5.76 Å². The highest BCUT2D eigenvalue weighted by atomic mass is 32.2.